The number of nitrogens with zero attached hydrogens (tertiary/aromatic N) is 1. The largest absolute Gasteiger partial charge is 0.373 e. The summed E-state index contributed by atoms with van der Waals surface area (Å²) in [5.74, 6) is 0.961. The number of fused-ring (bicyclic) bond motifs is 2. The van der Waals surface area contributed by atoms with E-state index < -0.39 is 0 Å². The second-order valence-corrected chi connectivity index (χ2v) is 4.57. The molecule has 1 aliphatic carbocycles. The van der Waals surface area contributed by atoms with Crippen molar-refractivity contribution < 1.29 is 0 Å². The number of anilines is 1. The van der Waals surface area contributed by atoms with E-state index in [0.29, 0.717) is 0 Å². The van der Waals surface area contributed by atoms with Gasteiger partial charge in [0.15, 0.2) is 0 Å². The lowest BCUT2D eigenvalue weighted by Crippen LogP contribution is -1.95. The normalized spacial score (nSPS) is 14.1. The molecule has 0 bridgehead atoms. The van der Waals surface area contributed by atoms with E-state index in [1.807, 2.05) is 7.05 Å². The van der Waals surface area contributed by atoms with E-state index in [2.05, 4.69) is 35.4 Å². The molecule has 2 heteroatoms. The zero-order chi connectivity index (χ0) is 11.1. The monoisotopic (exact) mass is 212 g/mol. The van der Waals surface area contributed by atoms with Crippen LogP contribution in [0.25, 0.3) is 10.9 Å². The first kappa shape index (κ1) is 9.64. The summed E-state index contributed by atoms with van der Waals surface area (Å²) in [7, 11) is 1.92. The van der Waals surface area contributed by atoms with Crippen molar-refractivity contribution in [3.05, 3.63) is 34.9 Å². The molecule has 0 saturated carbocycles. The number of benzene rings is 1. The van der Waals surface area contributed by atoms with E-state index in [1.54, 1.807) is 0 Å². The molecule has 1 aliphatic rings. The summed E-state index contributed by atoms with van der Waals surface area (Å²) in [6.45, 7) is 2.16. The molecule has 0 radical (unpaired) electrons. The van der Waals surface area contributed by atoms with Crippen molar-refractivity contribution in [3.63, 3.8) is 0 Å². The minimum Gasteiger partial charge on any atom is -0.373 e. The first-order valence-corrected chi connectivity index (χ1v) is 5.89. The van der Waals surface area contributed by atoms with Crippen molar-refractivity contribution >= 4 is 16.7 Å². The van der Waals surface area contributed by atoms with Gasteiger partial charge in [0.25, 0.3) is 0 Å². The molecule has 2 aromatic rings. The van der Waals surface area contributed by atoms with Gasteiger partial charge in [0, 0.05) is 12.4 Å². The first-order valence-electron chi connectivity index (χ1n) is 5.89. The van der Waals surface area contributed by atoms with Crippen LogP contribution >= 0.6 is 0 Å². The maximum absolute atomic E-state index is 4.62. The average molecular weight is 212 g/mol. The summed E-state index contributed by atoms with van der Waals surface area (Å²) in [6, 6.07) is 6.72. The van der Waals surface area contributed by atoms with Crippen LogP contribution in [0, 0.1) is 6.92 Å². The molecule has 1 heterocycles. The lowest BCUT2D eigenvalue weighted by atomic mass is 10.0. The van der Waals surface area contributed by atoms with Gasteiger partial charge in [-0.25, -0.2) is 4.98 Å². The molecule has 0 saturated heterocycles. The van der Waals surface area contributed by atoms with Crippen molar-refractivity contribution in [1.29, 1.82) is 0 Å². The molecule has 2 nitrogen and oxygen atoms in total. The van der Waals surface area contributed by atoms with Crippen LogP contribution in [0.1, 0.15) is 23.1 Å². The van der Waals surface area contributed by atoms with Crippen LogP contribution in [-0.2, 0) is 12.8 Å². The molecule has 0 unspecified atom stereocenters. The molecule has 3 rings (SSSR count). The van der Waals surface area contributed by atoms with Crippen molar-refractivity contribution in [3.8, 4) is 0 Å². The summed E-state index contributed by atoms with van der Waals surface area (Å²) < 4.78 is 0. The minimum absolute atomic E-state index is 0.961. The molecule has 0 aliphatic heterocycles. The van der Waals surface area contributed by atoms with E-state index >= 15 is 0 Å². The summed E-state index contributed by atoms with van der Waals surface area (Å²) in [4.78, 5) is 4.62. The van der Waals surface area contributed by atoms with Gasteiger partial charge in [0.05, 0.1) is 5.52 Å². The molecule has 1 aromatic heterocycles. The van der Waals surface area contributed by atoms with Gasteiger partial charge in [-0.15, -0.1) is 0 Å². The third-order valence-corrected chi connectivity index (χ3v) is 3.49. The van der Waals surface area contributed by atoms with Gasteiger partial charge < -0.3 is 5.32 Å². The maximum atomic E-state index is 4.62. The second-order valence-electron chi connectivity index (χ2n) is 4.57. The zero-order valence-corrected chi connectivity index (χ0v) is 9.80. The van der Waals surface area contributed by atoms with Crippen LogP contribution < -0.4 is 5.32 Å². The molecule has 16 heavy (non-hydrogen) atoms. The molecular formula is C14H16N2. The Balaban J connectivity index is 2.31. The number of aromatic nitrogens is 1. The van der Waals surface area contributed by atoms with E-state index in [9.17, 15) is 0 Å². The van der Waals surface area contributed by atoms with E-state index in [4.69, 9.17) is 0 Å². The highest BCUT2D eigenvalue weighted by molar-refractivity contribution is 5.85. The SMILES string of the molecule is CNc1cc(C)c2cc3c(cc2n1)CCC3. The Bertz CT molecular complexity index is 558. The number of hydrogen-bond acceptors (Lipinski definition) is 2. The fourth-order valence-electron chi connectivity index (χ4n) is 2.59. The molecule has 1 N–H and O–H groups in total. The smallest absolute Gasteiger partial charge is 0.126 e. The maximum Gasteiger partial charge on any atom is 0.126 e. The van der Waals surface area contributed by atoms with Gasteiger partial charge in [-0.2, -0.15) is 0 Å². The Morgan fingerprint density at radius 2 is 1.88 bits per heavy atom. The number of pyridine rings is 1. The van der Waals surface area contributed by atoms with Crippen molar-refractivity contribution in [1.82, 2.24) is 4.98 Å². The Morgan fingerprint density at radius 3 is 2.62 bits per heavy atom. The van der Waals surface area contributed by atoms with Crippen molar-refractivity contribution in [2.24, 2.45) is 0 Å². The third kappa shape index (κ3) is 1.37. The van der Waals surface area contributed by atoms with Crippen LogP contribution in [0.15, 0.2) is 18.2 Å². The van der Waals surface area contributed by atoms with Crippen LogP contribution in [0.3, 0.4) is 0 Å². The quantitative estimate of drug-likeness (QED) is 0.785. The number of rotatable bonds is 1. The highest BCUT2D eigenvalue weighted by atomic mass is 15.0. The Labute approximate surface area is 95.7 Å². The van der Waals surface area contributed by atoms with Crippen LogP contribution in [0.2, 0.25) is 0 Å². The molecular weight excluding hydrogens is 196 g/mol. The summed E-state index contributed by atoms with van der Waals surface area (Å²) in [6.07, 6.45) is 3.75. The number of nitrogens with one attached hydrogen (secondary N) is 1. The third-order valence-electron chi connectivity index (χ3n) is 3.49. The van der Waals surface area contributed by atoms with E-state index in [1.165, 1.54) is 41.3 Å². The Hall–Kier alpha value is -1.57. The van der Waals surface area contributed by atoms with Gasteiger partial charge in [0.1, 0.15) is 5.82 Å². The summed E-state index contributed by atoms with van der Waals surface area (Å²) in [5, 5.41) is 4.42. The Kier molecular flexibility index (Phi) is 2.10. The molecule has 0 amide bonds. The predicted molar refractivity (Wildman–Crippen MR) is 68.1 cm³/mol. The van der Waals surface area contributed by atoms with E-state index in [-0.39, 0.29) is 0 Å². The Morgan fingerprint density at radius 1 is 1.12 bits per heavy atom. The van der Waals surface area contributed by atoms with Crippen LogP contribution in [0.5, 0.6) is 0 Å². The van der Waals surface area contributed by atoms with Gasteiger partial charge in [-0.3, -0.25) is 0 Å². The molecule has 82 valence electrons. The lowest BCUT2D eigenvalue weighted by Gasteiger charge is -2.08. The molecule has 0 atom stereocenters. The molecule has 1 aromatic carbocycles. The second kappa shape index (κ2) is 3.48. The van der Waals surface area contributed by atoms with E-state index in [0.717, 1.165) is 11.3 Å². The standard InChI is InChI=1S/C14H16N2/c1-9-6-14(15-2)16-13-8-11-5-3-4-10(11)7-12(9)13/h6-8H,3-5H2,1-2H3,(H,15,16). The average Bonchev–Trinajstić information content (AvgIpc) is 2.73. The fraction of sp³-hybridized carbons (Fsp3) is 0.357. The van der Waals surface area contributed by atoms with Crippen molar-refractivity contribution in [2.75, 3.05) is 12.4 Å². The predicted octanol–water partition coefficient (Wildman–Crippen LogP) is 3.07. The zero-order valence-electron chi connectivity index (χ0n) is 9.80. The van der Waals surface area contributed by atoms with Crippen LogP contribution in [-0.4, -0.2) is 12.0 Å². The highest BCUT2D eigenvalue weighted by Crippen LogP contribution is 2.29. The number of hydrogen-bond donors (Lipinski definition) is 1. The summed E-state index contributed by atoms with van der Waals surface area (Å²) in [5.41, 5.74) is 5.45. The topological polar surface area (TPSA) is 24.9 Å². The minimum atomic E-state index is 0.961. The lowest BCUT2D eigenvalue weighted by molar-refractivity contribution is 0.912. The van der Waals surface area contributed by atoms with Gasteiger partial charge >= 0.3 is 0 Å². The van der Waals surface area contributed by atoms with Gasteiger partial charge in [-0.1, -0.05) is 0 Å². The molecule has 0 spiro atoms. The summed E-state index contributed by atoms with van der Waals surface area (Å²) >= 11 is 0. The fourth-order valence-corrected chi connectivity index (χ4v) is 2.59. The molecule has 0 fully saturated rings. The first-order chi connectivity index (χ1) is 7.78. The van der Waals surface area contributed by atoms with Crippen molar-refractivity contribution in [2.45, 2.75) is 26.2 Å². The van der Waals surface area contributed by atoms with Gasteiger partial charge in [0.2, 0.25) is 0 Å². The van der Waals surface area contributed by atoms with Gasteiger partial charge in [-0.05, 0) is 61.1 Å². The van der Waals surface area contributed by atoms with Crippen LogP contribution in [0.4, 0.5) is 5.82 Å². The highest BCUT2D eigenvalue weighted by Gasteiger charge is 2.13. The number of aryl methyl sites for hydroxylation is 3.